The summed E-state index contributed by atoms with van der Waals surface area (Å²) in [4.78, 5) is 2.56. The maximum atomic E-state index is 3.59. The van der Waals surface area contributed by atoms with Crippen LogP contribution in [0.5, 0.6) is 0 Å². The molecule has 2 rings (SSSR count). The average Bonchev–Trinajstić information content (AvgIpc) is 2.80. The van der Waals surface area contributed by atoms with Crippen LogP contribution in [0.1, 0.15) is 58.6 Å². The summed E-state index contributed by atoms with van der Waals surface area (Å²) in [6, 6.07) is 7.38. The minimum Gasteiger partial charge on any atom is -0.371 e. The zero-order valence-corrected chi connectivity index (χ0v) is 13.8. The lowest BCUT2D eigenvalue weighted by molar-refractivity contribution is 0.416. The van der Waals surface area contributed by atoms with Gasteiger partial charge in [-0.25, -0.2) is 0 Å². The molecule has 0 amide bonds. The first-order chi connectivity index (χ1) is 9.57. The lowest BCUT2D eigenvalue weighted by Gasteiger charge is -2.29. The van der Waals surface area contributed by atoms with Crippen LogP contribution >= 0.6 is 0 Å². The van der Waals surface area contributed by atoms with Crippen LogP contribution < -0.4 is 10.2 Å². The second kappa shape index (κ2) is 6.17. The van der Waals surface area contributed by atoms with E-state index in [0.717, 1.165) is 13.1 Å². The topological polar surface area (TPSA) is 15.3 Å². The van der Waals surface area contributed by atoms with Crippen molar-refractivity contribution >= 4 is 5.69 Å². The van der Waals surface area contributed by atoms with Crippen LogP contribution in [0.25, 0.3) is 0 Å². The molecule has 0 saturated carbocycles. The van der Waals surface area contributed by atoms with Crippen molar-refractivity contribution in [3.05, 3.63) is 29.3 Å². The zero-order chi connectivity index (χ0) is 14.8. The number of hydrogen-bond acceptors (Lipinski definition) is 2. The quantitative estimate of drug-likeness (QED) is 0.841. The molecule has 1 aliphatic rings. The fraction of sp³-hybridized carbons (Fsp3) is 0.667. The average molecular weight is 274 g/mol. The van der Waals surface area contributed by atoms with Gasteiger partial charge in [-0.3, -0.25) is 0 Å². The van der Waals surface area contributed by atoms with Gasteiger partial charge in [-0.2, -0.15) is 0 Å². The molecular formula is C18H30N2. The molecule has 0 saturated heterocycles. The lowest BCUT2D eigenvalue weighted by atomic mass is 9.75. The van der Waals surface area contributed by atoms with Crippen molar-refractivity contribution in [2.75, 3.05) is 18.0 Å². The fourth-order valence-corrected chi connectivity index (χ4v) is 3.56. The van der Waals surface area contributed by atoms with Crippen LogP contribution in [0, 0.1) is 0 Å². The highest BCUT2D eigenvalue weighted by Gasteiger charge is 2.40. The monoisotopic (exact) mass is 274 g/mol. The van der Waals surface area contributed by atoms with Gasteiger partial charge in [-0.15, -0.1) is 0 Å². The van der Waals surface area contributed by atoms with Gasteiger partial charge in [0.25, 0.3) is 0 Å². The molecule has 1 heterocycles. The van der Waals surface area contributed by atoms with Crippen molar-refractivity contribution in [2.24, 2.45) is 0 Å². The molecule has 1 N–H and O–H groups in total. The highest BCUT2D eigenvalue weighted by Crippen LogP contribution is 2.46. The first-order valence-corrected chi connectivity index (χ1v) is 8.18. The highest BCUT2D eigenvalue weighted by molar-refractivity contribution is 5.65. The lowest BCUT2D eigenvalue weighted by Crippen LogP contribution is -2.33. The van der Waals surface area contributed by atoms with E-state index < -0.39 is 0 Å². The van der Waals surface area contributed by atoms with Crippen LogP contribution in [-0.2, 0) is 12.0 Å². The molecule has 0 spiro atoms. The van der Waals surface area contributed by atoms with Crippen molar-refractivity contribution in [1.29, 1.82) is 0 Å². The molecule has 2 heteroatoms. The van der Waals surface area contributed by atoms with E-state index in [1.165, 1.54) is 30.6 Å². The Kier molecular flexibility index (Phi) is 4.74. The van der Waals surface area contributed by atoms with Gasteiger partial charge in [0.1, 0.15) is 0 Å². The van der Waals surface area contributed by atoms with Gasteiger partial charge in [-0.05, 0) is 37.0 Å². The van der Waals surface area contributed by atoms with Gasteiger partial charge in [0.05, 0.1) is 0 Å². The number of nitrogens with zero attached hydrogens (tertiary/aromatic N) is 1. The SMILES string of the molecule is CCN1CC(CC)(CC)c2c(CNC(C)C)cccc21. The standard InChI is InChI=1S/C18H30N2/c1-6-18(7-2)13-20(8-3)16-11-9-10-15(17(16)18)12-19-14(4)5/h9-11,14,19H,6-8,12-13H2,1-5H3. The number of benzene rings is 1. The van der Waals surface area contributed by atoms with Gasteiger partial charge < -0.3 is 10.2 Å². The molecule has 1 aromatic rings. The second-order valence-electron chi connectivity index (χ2n) is 6.35. The maximum Gasteiger partial charge on any atom is 0.0408 e. The minimum atomic E-state index is 0.348. The molecule has 0 fully saturated rings. The Hall–Kier alpha value is -1.02. The molecule has 1 aromatic carbocycles. The van der Waals surface area contributed by atoms with E-state index in [9.17, 15) is 0 Å². The molecule has 0 radical (unpaired) electrons. The van der Waals surface area contributed by atoms with Crippen molar-refractivity contribution in [1.82, 2.24) is 5.32 Å². The predicted molar refractivity (Wildman–Crippen MR) is 88.6 cm³/mol. The largest absolute Gasteiger partial charge is 0.371 e. The van der Waals surface area contributed by atoms with Crippen LogP contribution in [-0.4, -0.2) is 19.1 Å². The van der Waals surface area contributed by atoms with Crippen LogP contribution in [0.3, 0.4) is 0 Å². The van der Waals surface area contributed by atoms with E-state index in [1.807, 2.05) is 0 Å². The van der Waals surface area contributed by atoms with Crippen molar-refractivity contribution in [3.8, 4) is 0 Å². The Balaban J connectivity index is 2.45. The Morgan fingerprint density at radius 1 is 1.20 bits per heavy atom. The number of anilines is 1. The Bertz CT molecular complexity index is 447. The predicted octanol–water partition coefficient (Wildman–Crippen LogP) is 4.08. The summed E-state index contributed by atoms with van der Waals surface area (Å²) in [5.74, 6) is 0. The molecule has 0 aliphatic carbocycles. The zero-order valence-electron chi connectivity index (χ0n) is 13.8. The molecule has 0 unspecified atom stereocenters. The Morgan fingerprint density at radius 3 is 2.45 bits per heavy atom. The van der Waals surface area contributed by atoms with Crippen molar-refractivity contribution < 1.29 is 0 Å². The van der Waals surface area contributed by atoms with Crippen LogP contribution in [0.4, 0.5) is 5.69 Å². The number of likely N-dealkylation sites (N-methyl/N-ethyl adjacent to an activating group) is 1. The smallest absolute Gasteiger partial charge is 0.0408 e. The molecule has 0 atom stereocenters. The van der Waals surface area contributed by atoms with Crippen LogP contribution in [0.15, 0.2) is 18.2 Å². The maximum absolute atomic E-state index is 3.59. The molecular weight excluding hydrogens is 244 g/mol. The van der Waals surface area contributed by atoms with E-state index >= 15 is 0 Å². The van der Waals surface area contributed by atoms with Crippen molar-refractivity contribution in [2.45, 2.75) is 65.5 Å². The summed E-state index contributed by atoms with van der Waals surface area (Å²) < 4.78 is 0. The third-order valence-corrected chi connectivity index (χ3v) is 4.93. The Labute approximate surface area is 124 Å². The number of rotatable bonds is 6. The molecule has 20 heavy (non-hydrogen) atoms. The molecule has 0 aromatic heterocycles. The third kappa shape index (κ3) is 2.58. The van der Waals surface area contributed by atoms with Gasteiger partial charge in [0.2, 0.25) is 0 Å². The second-order valence-corrected chi connectivity index (χ2v) is 6.35. The van der Waals surface area contributed by atoms with Crippen LogP contribution in [0.2, 0.25) is 0 Å². The normalized spacial score (nSPS) is 16.8. The first-order valence-electron chi connectivity index (χ1n) is 8.18. The fourth-order valence-electron chi connectivity index (χ4n) is 3.56. The summed E-state index contributed by atoms with van der Waals surface area (Å²) in [6.07, 6.45) is 2.46. The van der Waals surface area contributed by atoms with Gasteiger partial charge in [0, 0.05) is 36.8 Å². The molecule has 2 nitrogen and oxygen atoms in total. The number of fused-ring (bicyclic) bond motifs is 1. The van der Waals surface area contributed by atoms with E-state index in [0.29, 0.717) is 11.5 Å². The molecule has 1 aliphatic heterocycles. The van der Waals surface area contributed by atoms with E-state index in [1.54, 1.807) is 5.56 Å². The third-order valence-electron chi connectivity index (χ3n) is 4.93. The van der Waals surface area contributed by atoms with Gasteiger partial charge in [-0.1, -0.05) is 39.8 Å². The van der Waals surface area contributed by atoms with E-state index in [-0.39, 0.29) is 0 Å². The van der Waals surface area contributed by atoms with E-state index in [2.05, 4.69) is 63.0 Å². The summed E-state index contributed by atoms with van der Waals surface area (Å²) in [5.41, 5.74) is 4.93. The van der Waals surface area contributed by atoms with E-state index in [4.69, 9.17) is 0 Å². The van der Waals surface area contributed by atoms with Crippen molar-refractivity contribution in [3.63, 3.8) is 0 Å². The van der Waals surface area contributed by atoms with Gasteiger partial charge >= 0.3 is 0 Å². The molecule has 112 valence electrons. The minimum absolute atomic E-state index is 0.348. The summed E-state index contributed by atoms with van der Waals surface area (Å²) in [6.45, 7) is 14.7. The number of hydrogen-bond donors (Lipinski definition) is 1. The molecule has 0 bridgehead atoms. The summed E-state index contributed by atoms with van der Waals surface area (Å²) >= 11 is 0. The first kappa shape index (κ1) is 15.4. The summed E-state index contributed by atoms with van der Waals surface area (Å²) in [5, 5.41) is 3.59. The number of nitrogens with one attached hydrogen (secondary N) is 1. The van der Waals surface area contributed by atoms with Gasteiger partial charge in [0.15, 0.2) is 0 Å². The summed E-state index contributed by atoms with van der Waals surface area (Å²) in [7, 11) is 0. The Morgan fingerprint density at radius 2 is 1.90 bits per heavy atom. The highest BCUT2D eigenvalue weighted by atomic mass is 15.2.